The van der Waals surface area contributed by atoms with E-state index in [9.17, 15) is 0 Å². The lowest BCUT2D eigenvalue weighted by molar-refractivity contribution is 0.0535. The molecule has 15 heavy (non-hydrogen) atoms. The lowest BCUT2D eigenvalue weighted by Crippen LogP contribution is -2.38. The standard InChI is InChI=1S/C10H15BrN2O2/c1-6-2-4-14-9(6)8(13-12)10-7(11)3-5-15-10/h3,5-6,8-9,13H,2,4,12H2,1H3. The summed E-state index contributed by atoms with van der Waals surface area (Å²) in [5.74, 6) is 6.86. The normalized spacial score (nSPS) is 28.2. The van der Waals surface area contributed by atoms with Crippen LogP contribution in [-0.4, -0.2) is 12.7 Å². The predicted molar refractivity (Wildman–Crippen MR) is 60.0 cm³/mol. The molecule has 0 bridgehead atoms. The van der Waals surface area contributed by atoms with E-state index in [0.29, 0.717) is 5.92 Å². The minimum Gasteiger partial charge on any atom is -0.466 e. The van der Waals surface area contributed by atoms with E-state index >= 15 is 0 Å². The summed E-state index contributed by atoms with van der Waals surface area (Å²) in [5, 5.41) is 0. The molecule has 1 aromatic heterocycles. The Bertz CT molecular complexity index is 329. The number of hydrogen-bond acceptors (Lipinski definition) is 4. The summed E-state index contributed by atoms with van der Waals surface area (Å²) < 4.78 is 12.0. The van der Waals surface area contributed by atoms with Crippen molar-refractivity contribution in [3.05, 3.63) is 22.6 Å². The van der Waals surface area contributed by atoms with Crippen LogP contribution in [-0.2, 0) is 4.74 Å². The van der Waals surface area contributed by atoms with Gasteiger partial charge in [0.2, 0.25) is 0 Å². The molecule has 1 fully saturated rings. The van der Waals surface area contributed by atoms with Crippen LogP contribution in [0, 0.1) is 5.92 Å². The van der Waals surface area contributed by atoms with Gasteiger partial charge in [0.1, 0.15) is 11.8 Å². The molecule has 1 aliphatic heterocycles. The fraction of sp³-hybridized carbons (Fsp3) is 0.600. The van der Waals surface area contributed by atoms with E-state index < -0.39 is 0 Å². The second-order valence-electron chi connectivity index (χ2n) is 3.88. The molecule has 3 N–H and O–H groups in total. The number of ether oxygens (including phenoxy) is 1. The van der Waals surface area contributed by atoms with E-state index in [1.165, 1.54) is 0 Å². The molecule has 0 aliphatic carbocycles. The highest BCUT2D eigenvalue weighted by atomic mass is 79.9. The van der Waals surface area contributed by atoms with Gasteiger partial charge in [-0.25, -0.2) is 5.43 Å². The molecule has 84 valence electrons. The molecule has 1 saturated heterocycles. The van der Waals surface area contributed by atoms with E-state index in [-0.39, 0.29) is 12.1 Å². The van der Waals surface area contributed by atoms with Crippen molar-refractivity contribution in [2.75, 3.05) is 6.61 Å². The zero-order valence-corrected chi connectivity index (χ0v) is 10.2. The molecule has 3 atom stereocenters. The molecule has 0 saturated carbocycles. The summed E-state index contributed by atoms with van der Waals surface area (Å²) in [6.45, 7) is 2.96. The van der Waals surface area contributed by atoms with Gasteiger partial charge in [-0.3, -0.25) is 5.84 Å². The fourth-order valence-corrected chi connectivity index (χ4v) is 2.44. The van der Waals surface area contributed by atoms with Gasteiger partial charge in [-0.2, -0.15) is 0 Å². The predicted octanol–water partition coefficient (Wildman–Crippen LogP) is 1.97. The number of nitrogens with one attached hydrogen (secondary N) is 1. The SMILES string of the molecule is CC1CCOC1C(NN)c1occc1Br. The molecular formula is C10H15BrN2O2. The highest BCUT2D eigenvalue weighted by Crippen LogP contribution is 2.34. The van der Waals surface area contributed by atoms with E-state index in [1.807, 2.05) is 6.07 Å². The van der Waals surface area contributed by atoms with Crippen molar-refractivity contribution in [3.8, 4) is 0 Å². The molecule has 5 heteroatoms. The van der Waals surface area contributed by atoms with E-state index in [4.69, 9.17) is 15.0 Å². The van der Waals surface area contributed by atoms with Crippen LogP contribution < -0.4 is 11.3 Å². The first-order chi connectivity index (χ1) is 7.24. The van der Waals surface area contributed by atoms with Gasteiger partial charge < -0.3 is 9.15 Å². The number of halogens is 1. The first kappa shape index (κ1) is 11.1. The van der Waals surface area contributed by atoms with Gasteiger partial charge in [-0.1, -0.05) is 6.92 Å². The van der Waals surface area contributed by atoms with Crippen LogP contribution in [0.25, 0.3) is 0 Å². The zero-order valence-electron chi connectivity index (χ0n) is 8.57. The number of nitrogens with two attached hydrogens (primary N) is 1. The molecule has 4 nitrogen and oxygen atoms in total. The van der Waals surface area contributed by atoms with Gasteiger partial charge in [-0.05, 0) is 34.3 Å². The second kappa shape index (κ2) is 4.65. The van der Waals surface area contributed by atoms with Crippen molar-refractivity contribution in [1.29, 1.82) is 0 Å². The topological polar surface area (TPSA) is 60.4 Å². The molecule has 0 aromatic carbocycles. The van der Waals surface area contributed by atoms with Crippen molar-refractivity contribution in [2.45, 2.75) is 25.5 Å². The molecule has 2 heterocycles. The molecule has 3 unspecified atom stereocenters. The Morgan fingerprint density at radius 2 is 2.47 bits per heavy atom. The maximum Gasteiger partial charge on any atom is 0.138 e. The number of furan rings is 1. The largest absolute Gasteiger partial charge is 0.466 e. The molecule has 0 spiro atoms. The highest BCUT2D eigenvalue weighted by molar-refractivity contribution is 9.10. The minimum absolute atomic E-state index is 0.0810. The first-order valence-corrected chi connectivity index (χ1v) is 5.84. The number of rotatable bonds is 3. The smallest absolute Gasteiger partial charge is 0.138 e. The zero-order chi connectivity index (χ0) is 10.8. The Kier molecular flexibility index (Phi) is 3.45. The average molecular weight is 275 g/mol. The molecule has 0 radical (unpaired) electrons. The summed E-state index contributed by atoms with van der Waals surface area (Å²) in [7, 11) is 0. The van der Waals surface area contributed by atoms with Gasteiger partial charge >= 0.3 is 0 Å². The minimum atomic E-state index is -0.0909. The summed E-state index contributed by atoms with van der Waals surface area (Å²) in [6, 6.07) is 1.77. The van der Waals surface area contributed by atoms with Crippen molar-refractivity contribution < 1.29 is 9.15 Å². The van der Waals surface area contributed by atoms with Crippen molar-refractivity contribution >= 4 is 15.9 Å². The van der Waals surface area contributed by atoms with E-state index in [2.05, 4.69) is 28.3 Å². The Morgan fingerprint density at radius 3 is 2.93 bits per heavy atom. The van der Waals surface area contributed by atoms with Crippen molar-refractivity contribution in [3.63, 3.8) is 0 Å². The molecular weight excluding hydrogens is 260 g/mol. The third-order valence-electron chi connectivity index (χ3n) is 2.88. The maximum atomic E-state index is 5.67. The third kappa shape index (κ3) is 2.10. The molecule has 0 amide bonds. The fourth-order valence-electron chi connectivity index (χ4n) is 1.99. The van der Waals surface area contributed by atoms with Crippen LogP contribution in [0.4, 0.5) is 0 Å². The maximum absolute atomic E-state index is 5.67. The Morgan fingerprint density at radius 1 is 1.67 bits per heavy atom. The van der Waals surface area contributed by atoms with Crippen LogP contribution in [0.1, 0.15) is 25.1 Å². The summed E-state index contributed by atoms with van der Waals surface area (Å²) in [6.07, 6.45) is 2.79. The van der Waals surface area contributed by atoms with Crippen LogP contribution in [0.3, 0.4) is 0 Å². The van der Waals surface area contributed by atoms with Crippen LogP contribution in [0.15, 0.2) is 21.2 Å². The van der Waals surface area contributed by atoms with Gasteiger partial charge in [-0.15, -0.1) is 0 Å². The lowest BCUT2D eigenvalue weighted by Gasteiger charge is -2.23. The van der Waals surface area contributed by atoms with Crippen LogP contribution >= 0.6 is 15.9 Å². The van der Waals surface area contributed by atoms with Crippen molar-refractivity contribution in [2.24, 2.45) is 11.8 Å². The van der Waals surface area contributed by atoms with Crippen LogP contribution in [0.5, 0.6) is 0 Å². The lowest BCUT2D eigenvalue weighted by atomic mass is 9.96. The Balaban J connectivity index is 2.20. The van der Waals surface area contributed by atoms with Crippen LogP contribution in [0.2, 0.25) is 0 Å². The molecule has 1 aromatic rings. The number of hydrazine groups is 1. The second-order valence-corrected chi connectivity index (χ2v) is 4.73. The van der Waals surface area contributed by atoms with Gasteiger partial charge in [0.15, 0.2) is 0 Å². The van der Waals surface area contributed by atoms with Gasteiger partial charge in [0.25, 0.3) is 0 Å². The third-order valence-corrected chi connectivity index (χ3v) is 3.53. The van der Waals surface area contributed by atoms with E-state index in [1.54, 1.807) is 6.26 Å². The highest BCUT2D eigenvalue weighted by Gasteiger charge is 2.35. The number of hydrogen-bond donors (Lipinski definition) is 2. The molecule has 1 aliphatic rings. The summed E-state index contributed by atoms with van der Waals surface area (Å²) >= 11 is 3.43. The Hall–Kier alpha value is -0.360. The quantitative estimate of drug-likeness (QED) is 0.654. The summed E-state index contributed by atoms with van der Waals surface area (Å²) in [4.78, 5) is 0. The summed E-state index contributed by atoms with van der Waals surface area (Å²) in [5.41, 5.74) is 2.77. The average Bonchev–Trinajstić information content (AvgIpc) is 2.80. The Labute approximate surface area is 97.3 Å². The van der Waals surface area contributed by atoms with E-state index in [0.717, 1.165) is 23.3 Å². The van der Waals surface area contributed by atoms with Gasteiger partial charge in [0.05, 0.1) is 16.8 Å². The molecule has 2 rings (SSSR count). The monoisotopic (exact) mass is 274 g/mol. The van der Waals surface area contributed by atoms with Crippen molar-refractivity contribution in [1.82, 2.24) is 5.43 Å². The van der Waals surface area contributed by atoms with Gasteiger partial charge in [0, 0.05) is 6.61 Å². The first-order valence-electron chi connectivity index (χ1n) is 5.04.